The number of esters is 2. The lowest BCUT2D eigenvalue weighted by molar-refractivity contribution is -0.143. The average Bonchev–Trinajstić information content (AvgIpc) is 2.66. The Bertz CT molecular complexity index is 795. The van der Waals surface area contributed by atoms with Gasteiger partial charge < -0.3 is 9.47 Å². The molecule has 0 bridgehead atoms. The molecule has 0 aromatic heterocycles. The lowest BCUT2D eigenvalue weighted by atomic mass is 9.90. The highest BCUT2D eigenvalue weighted by Gasteiger charge is 2.19. The van der Waals surface area contributed by atoms with Gasteiger partial charge in [0, 0.05) is 4.47 Å². The Morgan fingerprint density at radius 1 is 0.741 bits per heavy atom. The third kappa shape index (κ3) is 6.36. The molecule has 142 valence electrons. The number of ether oxygens (including phenoxy) is 2. The summed E-state index contributed by atoms with van der Waals surface area (Å²) in [5.41, 5.74) is 3.28. The Labute approximate surface area is 168 Å². The topological polar surface area (TPSA) is 52.6 Å². The monoisotopic (exact) mass is 430 g/mol. The van der Waals surface area contributed by atoms with Gasteiger partial charge in [-0.25, -0.2) is 0 Å². The third-order valence-corrected chi connectivity index (χ3v) is 4.46. The standard InChI is InChI=1S/C22H23BrO4/c1-3-26-21(24)14-19(16-8-6-5-7-9-16)20(15-22(25)27-4-2)17-10-12-18(23)13-11-17/h5-13H,3-4,14-15H2,1-2H3/b20-19+. The van der Waals surface area contributed by atoms with E-state index in [-0.39, 0.29) is 24.8 Å². The lowest BCUT2D eigenvalue weighted by Gasteiger charge is -2.16. The largest absolute Gasteiger partial charge is 0.466 e. The maximum absolute atomic E-state index is 12.3. The normalized spacial score (nSPS) is 11.5. The first-order chi connectivity index (χ1) is 13.0. The minimum atomic E-state index is -0.326. The van der Waals surface area contributed by atoms with Crippen LogP contribution >= 0.6 is 15.9 Å². The van der Waals surface area contributed by atoms with Gasteiger partial charge in [-0.05, 0) is 48.3 Å². The van der Waals surface area contributed by atoms with Crippen molar-refractivity contribution in [2.24, 2.45) is 0 Å². The smallest absolute Gasteiger partial charge is 0.310 e. The van der Waals surface area contributed by atoms with E-state index in [2.05, 4.69) is 15.9 Å². The van der Waals surface area contributed by atoms with E-state index in [0.29, 0.717) is 13.2 Å². The highest BCUT2D eigenvalue weighted by atomic mass is 79.9. The van der Waals surface area contributed by atoms with Crippen LogP contribution in [-0.4, -0.2) is 25.2 Å². The molecule has 0 amide bonds. The van der Waals surface area contributed by atoms with Gasteiger partial charge >= 0.3 is 11.9 Å². The summed E-state index contributed by atoms with van der Waals surface area (Å²) in [4.78, 5) is 24.5. The van der Waals surface area contributed by atoms with Crippen LogP contribution in [0.25, 0.3) is 11.1 Å². The fraction of sp³-hybridized carbons (Fsp3) is 0.273. The van der Waals surface area contributed by atoms with Gasteiger partial charge in [0.1, 0.15) is 0 Å². The van der Waals surface area contributed by atoms with Crippen molar-refractivity contribution in [1.29, 1.82) is 0 Å². The van der Waals surface area contributed by atoms with Crippen molar-refractivity contribution in [3.63, 3.8) is 0 Å². The molecule has 0 heterocycles. The van der Waals surface area contributed by atoms with Crippen LogP contribution in [-0.2, 0) is 19.1 Å². The molecule has 0 fully saturated rings. The molecule has 0 unspecified atom stereocenters. The Kier molecular flexibility index (Phi) is 8.27. The zero-order chi connectivity index (χ0) is 19.6. The van der Waals surface area contributed by atoms with Crippen LogP contribution in [0.2, 0.25) is 0 Å². The predicted octanol–water partition coefficient (Wildman–Crippen LogP) is 5.27. The summed E-state index contributed by atoms with van der Waals surface area (Å²) < 4.78 is 11.3. The minimum absolute atomic E-state index is 0.0824. The van der Waals surface area contributed by atoms with E-state index >= 15 is 0 Å². The molecule has 0 saturated carbocycles. The van der Waals surface area contributed by atoms with E-state index in [1.54, 1.807) is 13.8 Å². The van der Waals surface area contributed by atoms with Crippen molar-refractivity contribution >= 4 is 39.0 Å². The van der Waals surface area contributed by atoms with Crippen LogP contribution in [0.15, 0.2) is 59.1 Å². The van der Waals surface area contributed by atoms with Gasteiger partial charge in [-0.15, -0.1) is 0 Å². The molecule has 0 aliphatic carbocycles. The van der Waals surface area contributed by atoms with Crippen LogP contribution in [0, 0.1) is 0 Å². The quantitative estimate of drug-likeness (QED) is 0.422. The van der Waals surface area contributed by atoms with Crippen molar-refractivity contribution < 1.29 is 19.1 Å². The molecule has 0 atom stereocenters. The van der Waals surface area contributed by atoms with Gasteiger partial charge in [-0.1, -0.05) is 58.4 Å². The number of carbonyl (C=O) groups is 2. The predicted molar refractivity (Wildman–Crippen MR) is 110 cm³/mol. The first-order valence-electron chi connectivity index (χ1n) is 8.89. The molecule has 4 nitrogen and oxygen atoms in total. The van der Waals surface area contributed by atoms with Gasteiger partial charge in [0.05, 0.1) is 26.1 Å². The van der Waals surface area contributed by atoms with Gasteiger partial charge in [0.25, 0.3) is 0 Å². The van der Waals surface area contributed by atoms with E-state index < -0.39 is 0 Å². The highest BCUT2D eigenvalue weighted by molar-refractivity contribution is 9.10. The molecule has 0 saturated heterocycles. The van der Waals surface area contributed by atoms with Gasteiger partial charge in [-0.2, -0.15) is 0 Å². The highest BCUT2D eigenvalue weighted by Crippen LogP contribution is 2.33. The second kappa shape index (κ2) is 10.7. The average molecular weight is 431 g/mol. The number of hydrogen-bond acceptors (Lipinski definition) is 4. The first-order valence-corrected chi connectivity index (χ1v) is 9.69. The Morgan fingerprint density at radius 2 is 1.19 bits per heavy atom. The molecule has 2 rings (SSSR count). The Balaban J connectivity index is 2.58. The first kappa shape index (κ1) is 20.9. The maximum atomic E-state index is 12.3. The summed E-state index contributed by atoms with van der Waals surface area (Å²) in [6, 6.07) is 17.3. The molecule has 0 N–H and O–H groups in total. The summed E-state index contributed by atoms with van der Waals surface area (Å²) in [6.07, 6.45) is 0.168. The Hall–Kier alpha value is -2.40. The second-order valence-corrected chi connectivity index (χ2v) is 6.71. The third-order valence-electron chi connectivity index (χ3n) is 3.93. The van der Waals surface area contributed by atoms with E-state index in [1.807, 2.05) is 54.6 Å². The van der Waals surface area contributed by atoms with Gasteiger partial charge in [0.2, 0.25) is 0 Å². The summed E-state index contributed by atoms with van der Waals surface area (Å²) in [7, 11) is 0. The molecular formula is C22H23BrO4. The number of halogens is 1. The van der Waals surface area contributed by atoms with E-state index in [4.69, 9.17) is 9.47 Å². The Morgan fingerprint density at radius 3 is 1.63 bits per heavy atom. The fourth-order valence-electron chi connectivity index (χ4n) is 2.77. The number of rotatable bonds is 8. The van der Waals surface area contributed by atoms with Crippen LogP contribution in [0.3, 0.4) is 0 Å². The van der Waals surface area contributed by atoms with E-state index in [0.717, 1.165) is 26.7 Å². The van der Waals surface area contributed by atoms with Crippen LogP contribution in [0.5, 0.6) is 0 Å². The van der Waals surface area contributed by atoms with E-state index in [9.17, 15) is 9.59 Å². The maximum Gasteiger partial charge on any atom is 0.310 e. The molecule has 0 aliphatic heterocycles. The zero-order valence-corrected chi connectivity index (χ0v) is 17.1. The van der Waals surface area contributed by atoms with Crippen LogP contribution in [0.1, 0.15) is 37.8 Å². The van der Waals surface area contributed by atoms with Gasteiger partial charge in [-0.3, -0.25) is 9.59 Å². The van der Waals surface area contributed by atoms with Crippen molar-refractivity contribution in [1.82, 2.24) is 0 Å². The number of carbonyl (C=O) groups excluding carboxylic acids is 2. The SMILES string of the molecule is CCOC(=O)C/C(=C(/CC(=O)OCC)c1ccc(Br)cc1)c1ccccc1. The molecule has 27 heavy (non-hydrogen) atoms. The molecule has 5 heteroatoms. The second-order valence-electron chi connectivity index (χ2n) is 5.79. The van der Waals surface area contributed by atoms with Crippen molar-refractivity contribution in [2.45, 2.75) is 26.7 Å². The molecule has 0 aliphatic rings. The zero-order valence-electron chi connectivity index (χ0n) is 15.5. The molecule has 2 aromatic rings. The number of hydrogen-bond donors (Lipinski definition) is 0. The fourth-order valence-corrected chi connectivity index (χ4v) is 3.03. The molecule has 2 aromatic carbocycles. The van der Waals surface area contributed by atoms with Crippen LogP contribution in [0.4, 0.5) is 0 Å². The molecule has 0 spiro atoms. The summed E-state index contributed by atoms with van der Waals surface area (Å²) in [5, 5.41) is 0. The molecular weight excluding hydrogens is 408 g/mol. The summed E-state index contributed by atoms with van der Waals surface area (Å²) in [6.45, 7) is 4.17. The van der Waals surface area contributed by atoms with E-state index in [1.165, 1.54) is 0 Å². The van der Waals surface area contributed by atoms with Gasteiger partial charge in [0.15, 0.2) is 0 Å². The molecule has 0 radical (unpaired) electrons. The summed E-state index contributed by atoms with van der Waals surface area (Å²) in [5.74, 6) is -0.650. The summed E-state index contributed by atoms with van der Waals surface area (Å²) >= 11 is 3.43. The van der Waals surface area contributed by atoms with Crippen LogP contribution < -0.4 is 0 Å². The minimum Gasteiger partial charge on any atom is -0.466 e. The van der Waals surface area contributed by atoms with Crippen molar-refractivity contribution in [3.8, 4) is 0 Å². The lowest BCUT2D eigenvalue weighted by Crippen LogP contribution is -2.10. The van der Waals surface area contributed by atoms with Crippen molar-refractivity contribution in [3.05, 3.63) is 70.2 Å². The van der Waals surface area contributed by atoms with Crippen molar-refractivity contribution in [2.75, 3.05) is 13.2 Å². The number of benzene rings is 2.